The van der Waals surface area contributed by atoms with Crippen molar-refractivity contribution in [2.45, 2.75) is 11.7 Å². The zero-order valence-corrected chi connectivity index (χ0v) is 18.9. The van der Waals surface area contributed by atoms with E-state index in [0.29, 0.717) is 28.4 Å². The van der Waals surface area contributed by atoms with Gasteiger partial charge in [-0.05, 0) is 36.4 Å². The number of para-hydroxylation sites is 1. The predicted octanol–water partition coefficient (Wildman–Crippen LogP) is 4.57. The number of amides is 1. The van der Waals surface area contributed by atoms with Crippen molar-refractivity contribution in [3.05, 3.63) is 84.0 Å². The molecule has 0 unspecified atom stereocenters. The summed E-state index contributed by atoms with van der Waals surface area (Å²) in [7, 11) is 0. The van der Waals surface area contributed by atoms with E-state index in [9.17, 15) is 10.1 Å². The molecule has 4 aromatic rings. The van der Waals surface area contributed by atoms with Crippen LogP contribution in [-0.4, -0.2) is 36.2 Å². The number of aromatic nitrogens is 5. The normalized spacial score (nSPS) is 10.5. The first kappa shape index (κ1) is 22.3. The highest BCUT2D eigenvalue weighted by molar-refractivity contribution is 7.99. The number of carbonyl (C=O) groups excluding carboxylic acids is 1. The van der Waals surface area contributed by atoms with Gasteiger partial charge in [-0.2, -0.15) is 10.4 Å². The van der Waals surface area contributed by atoms with E-state index in [-0.39, 0.29) is 17.2 Å². The van der Waals surface area contributed by atoms with E-state index < -0.39 is 0 Å². The Balaban J connectivity index is 1.51. The summed E-state index contributed by atoms with van der Waals surface area (Å²) in [5.74, 6) is 0.753. The van der Waals surface area contributed by atoms with Crippen LogP contribution in [0, 0.1) is 11.3 Å². The van der Waals surface area contributed by atoms with E-state index >= 15 is 0 Å². The number of halogens is 1. The number of thioether (sulfide) groups is 1. The lowest BCUT2D eigenvalue weighted by atomic mass is 10.2. The monoisotopic (exact) mass is 475 g/mol. The fourth-order valence-electron chi connectivity index (χ4n) is 3.12. The molecule has 0 aliphatic rings. The Labute approximate surface area is 199 Å². The molecule has 0 fully saturated rings. The molecule has 2 aromatic carbocycles. The first-order chi connectivity index (χ1) is 16.1. The standard InChI is InChI=1S/C23H18ClN7OS/c1-2-12-30-22(16-8-10-18(24)11-9-16)28-29-23(30)33-15-20(32)27-21-17(13-25)14-26-31(21)19-6-4-3-5-7-19/h2-11,14H,1,12,15H2,(H,27,32). The maximum atomic E-state index is 12.7. The van der Waals surface area contributed by atoms with Crippen LogP contribution in [0.4, 0.5) is 5.82 Å². The topological polar surface area (TPSA) is 101 Å². The number of nitrogens with one attached hydrogen (secondary N) is 1. The van der Waals surface area contributed by atoms with E-state index in [0.717, 1.165) is 11.3 Å². The van der Waals surface area contributed by atoms with Crippen LogP contribution in [0.1, 0.15) is 5.56 Å². The molecule has 0 saturated carbocycles. The van der Waals surface area contributed by atoms with Crippen LogP contribution in [-0.2, 0) is 11.3 Å². The number of nitriles is 1. The summed E-state index contributed by atoms with van der Waals surface area (Å²) in [6.45, 7) is 4.28. The van der Waals surface area contributed by atoms with Crippen molar-refractivity contribution in [1.29, 1.82) is 5.26 Å². The second kappa shape index (κ2) is 10.2. The minimum absolute atomic E-state index is 0.0702. The fourth-order valence-corrected chi connectivity index (χ4v) is 3.99. The maximum absolute atomic E-state index is 12.7. The summed E-state index contributed by atoms with van der Waals surface area (Å²) in [5, 5.41) is 26.2. The van der Waals surface area contributed by atoms with Crippen LogP contribution < -0.4 is 5.32 Å². The van der Waals surface area contributed by atoms with Gasteiger partial charge in [-0.25, -0.2) is 4.68 Å². The van der Waals surface area contributed by atoms with Crippen LogP contribution >= 0.6 is 23.4 Å². The third-order valence-corrected chi connectivity index (χ3v) is 5.83. The summed E-state index contributed by atoms with van der Waals surface area (Å²) >= 11 is 7.23. The second-order valence-electron chi connectivity index (χ2n) is 6.82. The quantitative estimate of drug-likeness (QED) is 0.296. The molecule has 0 spiro atoms. The number of rotatable bonds is 8. The van der Waals surface area contributed by atoms with Crippen molar-refractivity contribution in [1.82, 2.24) is 24.5 Å². The van der Waals surface area contributed by atoms with Crippen LogP contribution in [0.5, 0.6) is 0 Å². The van der Waals surface area contributed by atoms with Gasteiger partial charge in [0.15, 0.2) is 16.8 Å². The Morgan fingerprint density at radius 1 is 1.18 bits per heavy atom. The molecular weight excluding hydrogens is 458 g/mol. The summed E-state index contributed by atoms with van der Waals surface area (Å²) in [5.41, 5.74) is 1.87. The van der Waals surface area contributed by atoms with Gasteiger partial charge in [0.25, 0.3) is 0 Å². The number of benzene rings is 2. The minimum atomic E-state index is -0.296. The molecule has 1 amide bonds. The Hall–Kier alpha value is -3.87. The first-order valence-electron chi connectivity index (χ1n) is 9.87. The van der Waals surface area contributed by atoms with Crippen LogP contribution in [0.3, 0.4) is 0 Å². The average Bonchev–Trinajstić information content (AvgIpc) is 3.43. The van der Waals surface area contributed by atoms with E-state index in [1.165, 1.54) is 22.6 Å². The van der Waals surface area contributed by atoms with Gasteiger partial charge in [0.1, 0.15) is 11.6 Å². The van der Waals surface area contributed by atoms with Gasteiger partial charge in [-0.3, -0.25) is 9.36 Å². The van der Waals surface area contributed by atoms with Gasteiger partial charge in [0.05, 0.1) is 17.6 Å². The van der Waals surface area contributed by atoms with Crippen molar-refractivity contribution in [3.8, 4) is 23.1 Å². The third kappa shape index (κ3) is 4.98. The van der Waals surface area contributed by atoms with Crippen LogP contribution in [0.25, 0.3) is 17.1 Å². The average molecular weight is 476 g/mol. The van der Waals surface area contributed by atoms with Crippen LogP contribution in [0.15, 0.2) is 78.6 Å². The lowest BCUT2D eigenvalue weighted by Gasteiger charge is -2.10. The summed E-state index contributed by atoms with van der Waals surface area (Å²) in [4.78, 5) is 12.7. The van der Waals surface area contributed by atoms with Crippen molar-refractivity contribution in [2.75, 3.05) is 11.1 Å². The van der Waals surface area contributed by atoms with Crippen molar-refractivity contribution < 1.29 is 4.79 Å². The highest BCUT2D eigenvalue weighted by atomic mass is 35.5. The summed E-state index contributed by atoms with van der Waals surface area (Å²) in [6, 6.07) is 18.6. The van der Waals surface area contributed by atoms with Gasteiger partial charge in [0, 0.05) is 17.1 Å². The number of hydrogen-bond donors (Lipinski definition) is 1. The summed E-state index contributed by atoms with van der Waals surface area (Å²) < 4.78 is 3.41. The molecule has 4 rings (SSSR count). The molecule has 0 aliphatic heterocycles. The smallest absolute Gasteiger partial charge is 0.236 e. The van der Waals surface area contributed by atoms with Gasteiger partial charge in [-0.15, -0.1) is 16.8 Å². The third-order valence-electron chi connectivity index (χ3n) is 4.61. The van der Waals surface area contributed by atoms with Gasteiger partial charge < -0.3 is 5.32 Å². The highest BCUT2D eigenvalue weighted by Gasteiger charge is 2.18. The minimum Gasteiger partial charge on any atom is -0.309 e. The van der Waals surface area contributed by atoms with Crippen molar-refractivity contribution >= 4 is 35.1 Å². The van der Waals surface area contributed by atoms with Gasteiger partial charge in [-0.1, -0.05) is 47.6 Å². The zero-order valence-electron chi connectivity index (χ0n) is 17.3. The molecule has 33 heavy (non-hydrogen) atoms. The van der Waals surface area contributed by atoms with Crippen molar-refractivity contribution in [2.24, 2.45) is 0 Å². The molecule has 0 aliphatic carbocycles. The second-order valence-corrected chi connectivity index (χ2v) is 8.19. The number of hydrogen-bond acceptors (Lipinski definition) is 6. The Kier molecular flexibility index (Phi) is 6.88. The number of allylic oxidation sites excluding steroid dienone is 1. The maximum Gasteiger partial charge on any atom is 0.236 e. The summed E-state index contributed by atoms with van der Waals surface area (Å²) in [6.07, 6.45) is 3.17. The molecule has 0 radical (unpaired) electrons. The van der Waals surface area contributed by atoms with Crippen molar-refractivity contribution in [3.63, 3.8) is 0 Å². The largest absolute Gasteiger partial charge is 0.309 e. The lowest BCUT2D eigenvalue weighted by molar-refractivity contribution is -0.113. The molecule has 0 saturated heterocycles. The zero-order chi connectivity index (χ0) is 23.2. The fraction of sp³-hybridized carbons (Fsp3) is 0.0870. The van der Waals surface area contributed by atoms with Gasteiger partial charge in [0.2, 0.25) is 5.91 Å². The first-order valence-corrected chi connectivity index (χ1v) is 11.2. The van der Waals surface area contributed by atoms with E-state index in [1.807, 2.05) is 47.0 Å². The Morgan fingerprint density at radius 3 is 2.64 bits per heavy atom. The Bertz CT molecular complexity index is 1320. The SMILES string of the molecule is C=CCn1c(SCC(=O)Nc2c(C#N)cnn2-c2ccccc2)nnc1-c1ccc(Cl)cc1. The molecule has 2 aromatic heterocycles. The molecule has 164 valence electrons. The van der Waals surface area contributed by atoms with E-state index in [1.54, 1.807) is 18.2 Å². The Morgan fingerprint density at radius 2 is 1.94 bits per heavy atom. The van der Waals surface area contributed by atoms with E-state index in [4.69, 9.17) is 11.6 Å². The molecule has 1 N–H and O–H groups in total. The number of nitrogens with zero attached hydrogens (tertiary/aromatic N) is 6. The lowest BCUT2D eigenvalue weighted by Crippen LogP contribution is -2.18. The number of anilines is 1. The van der Waals surface area contributed by atoms with E-state index in [2.05, 4.69) is 33.3 Å². The van der Waals surface area contributed by atoms with Gasteiger partial charge >= 0.3 is 0 Å². The molecule has 10 heteroatoms. The molecule has 0 bridgehead atoms. The highest BCUT2D eigenvalue weighted by Crippen LogP contribution is 2.26. The molecular formula is C23H18ClN7OS. The molecule has 0 atom stereocenters. The van der Waals surface area contributed by atoms with Crippen LogP contribution in [0.2, 0.25) is 5.02 Å². The predicted molar refractivity (Wildman–Crippen MR) is 128 cm³/mol. The number of carbonyl (C=O) groups is 1. The molecule has 8 nitrogen and oxygen atoms in total. The molecule has 2 heterocycles.